The van der Waals surface area contributed by atoms with Crippen LogP contribution in [0.25, 0.3) is 0 Å². The van der Waals surface area contributed by atoms with Gasteiger partial charge in [-0.25, -0.2) is 0 Å². The Morgan fingerprint density at radius 1 is 1.47 bits per heavy atom. The van der Waals surface area contributed by atoms with E-state index in [0.29, 0.717) is 28.9 Å². The van der Waals surface area contributed by atoms with E-state index in [0.717, 1.165) is 12.8 Å². The summed E-state index contributed by atoms with van der Waals surface area (Å²) in [4.78, 5) is 11.8. The van der Waals surface area contributed by atoms with Gasteiger partial charge in [-0.2, -0.15) is 0 Å². The number of rotatable bonds is 6. The molecule has 17 heavy (non-hydrogen) atoms. The molecule has 0 aliphatic rings. The molecule has 4 heteroatoms. The monoisotopic (exact) mass is 273 g/mol. The van der Waals surface area contributed by atoms with E-state index in [9.17, 15) is 4.79 Å². The molecule has 0 heterocycles. The molecule has 2 nitrogen and oxygen atoms in total. The van der Waals surface area contributed by atoms with Crippen molar-refractivity contribution in [2.75, 3.05) is 12.4 Å². The molecule has 1 aromatic carbocycles. The molecule has 1 amide bonds. The number of benzene rings is 1. The van der Waals surface area contributed by atoms with Gasteiger partial charge in [0.2, 0.25) is 0 Å². The first-order chi connectivity index (χ1) is 8.17. The Morgan fingerprint density at radius 3 is 2.82 bits per heavy atom. The molecule has 0 fully saturated rings. The van der Waals surface area contributed by atoms with Crippen molar-refractivity contribution in [3.05, 3.63) is 34.9 Å². The zero-order valence-corrected chi connectivity index (χ0v) is 11.4. The summed E-state index contributed by atoms with van der Waals surface area (Å²) in [5.74, 6) is 0.988. The van der Waals surface area contributed by atoms with Crippen molar-refractivity contribution >= 4 is 29.1 Å². The normalized spacial score (nSPS) is 12.2. The zero-order valence-electron chi connectivity index (χ0n) is 9.88. The number of nitrogens with one attached hydrogen (secondary N) is 1. The minimum Gasteiger partial charge on any atom is -0.352 e. The smallest absolute Gasteiger partial charge is 0.251 e. The van der Waals surface area contributed by atoms with Gasteiger partial charge in [0.05, 0.1) is 0 Å². The minimum atomic E-state index is -0.0828. The number of alkyl halides is 1. The molecule has 0 saturated carbocycles. The van der Waals surface area contributed by atoms with Gasteiger partial charge in [0.15, 0.2) is 0 Å². The maximum Gasteiger partial charge on any atom is 0.251 e. The van der Waals surface area contributed by atoms with Gasteiger partial charge in [0.1, 0.15) is 0 Å². The quantitative estimate of drug-likeness (QED) is 0.787. The van der Waals surface area contributed by atoms with Crippen LogP contribution in [0.3, 0.4) is 0 Å². The molecule has 0 aromatic heterocycles. The second kappa shape index (κ2) is 7.57. The fraction of sp³-hybridized carbons (Fsp3) is 0.462. The highest BCUT2D eigenvalue weighted by molar-refractivity contribution is 6.30. The van der Waals surface area contributed by atoms with Crippen molar-refractivity contribution < 1.29 is 4.79 Å². The summed E-state index contributed by atoms with van der Waals surface area (Å²) in [6, 6.07) is 6.94. The van der Waals surface area contributed by atoms with E-state index in [1.165, 1.54) is 0 Å². The number of amides is 1. The molecule has 0 aliphatic heterocycles. The summed E-state index contributed by atoms with van der Waals surface area (Å²) in [5, 5.41) is 3.48. The van der Waals surface area contributed by atoms with Gasteiger partial charge in [-0.05, 0) is 30.5 Å². The Hall–Kier alpha value is -0.730. The largest absolute Gasteiger partial charge is 0.352 e. The summed E-state index contributed by atoms with van der Waals surface area (Å²) >= 11 is 11.5. The van der Waals surface area contributed by atoms with Crippen LogP contribution in [-0.4, -0.2) is 18.3 Å². The van der Waals surface area contributed by atoms with Crippen LogP contribution >= 0.6 is 23.2 Å². The standard InChI is InChI=1S/C13H17Cl2NO/c1-2-10(6-7-14)9-16-13(17)11-4-3-5-12(15)8-11/h3-5,8,10H,2,6-7,9H2,1H3,(H,16,17). The number of hydrogen-bond acceptors (Lipinski definition) is 1. The van der Waals surface area contributed by atoms with E-state index in [4.69, 9.17) is 23.2 Å². The van der Waals surface area contributed by atoms with E-state index in [1.807, 2.05) is 0 Å². The van der Waals surface area contributed by atoms with Crippen LogP contribution in [0.5, 0.6) is 0 Å². The molecule has 0 aliphatic carbocycles. The van der Waals surface area contributed by atoms with Crippen molar-refractivity contribution in [1.29, 1.82) is 0 Å². The molecular weight excluding hydrogens is 257 g/mol. The topological polar surface area (TPSA) is 29.1 Å². The summed E-state index contributed by atoms with van der Waals surface area (Å²) in [6.45, 7) is 2.76. The van der Waals surface area contributed by atoms with Gasteiger partial charge in [-0.3, -0.25) is 4.79 Å². The van der Waals surface area contributed by atoms with Crippen LogP contribution in [0.4, 0.5) is 0 Å². The van der Waals surface area contributed by atoms with Crippen LogP contribution < -0.4 is 5.32 Å². The van der Waals surface area contributed by atoms with Gasteiger partial charge >= 0.3 is 0 Å². The number of halogens is 2. The van der Waals surface area contributed by atoms with E-state index >= 15 is 0 Å². The maximum atomic E-state index is 11.8. The second-order valence-electron chi connectivity index (χ2n) is 3.97. The molecule has 0 spiro atoms. The van der Waals surface area contributed by atoms with Crippen molar-refractivity contribution in [3.8, 4) is 0 Å². The van der Waals surface area contributed by atoms with Crippen LogP contribution in [0.15, 0.2) is 24.3 Å². The lowest BCUT2D eigenvalue weighted by Crippen LogP contribution is -2.29. The van der Waals surface area contributed by atoms with Gasteiger partial charge in [-0.1, -0.05) is 31.0 Å². The summed E-state index contributed by atoms with van der Waals surface area (Å²) in [6.07, 6.45) is 1.94. The zero-order chi connectivity index (χ0) is 12.7. The van der Waals surface area contributed by atoms with Crippen LogP contribution in [0.1, 0.15) is 30.1 Å². The van der Waals surface area contributed by atoms with Crippen molar-refractivity contribution in [1.82, 2.24) is 5.32 Å². The predicted octanol–water partition coefficient (Wildman–Crippen LogP) is 3.72. The number of carbonyl (C=O) groups is 1. The van der Waals surface area contributed by atoms with Crippen molar-refractivity contribution in [3.63, 3.8) is 0 Å². The van der Waals surface area contributed by atoms with Gasteiger partial charge in [0.25, 0.3) is 5.91 Å². The van der Waals surface area contributed by atoms with Crippen molar-refractivity contribution in [2.24, 2.45) is 5.92 Å². The second-order valence-corrected chi connectivity index (χ2v) is 4.79. The average molecular weight is 274 g/mol. The Balaban J connectivity index is 2.49. The third-order valence-corrected chi connectivity index (χ3v) is 3.19. The van der Waals surface area contributed by atoms with Gasteiger partial charge in [0, 0.05) is 23.0 Å². The molecule has 94 valence electrons. The molecular formula is C13H17Cl2NO. The number of carbonyl (C=O) groups excluding carboxylic acids is 1. The SMILES string of the molecule is CCC(CCCl)CNC(=O)c1cccc(Cl)c1. The number of hydrogen-bond donors (Lipinski definition) is 1. The van der Waals surface area contributed by atoms with Gasteiger partial charge < -0.3 is 5.32 Å². The van der Waals surface area contributed by atoms with E-state index in [1.54, 1.807) is 24.3 Å². The van der Waals surface area contributed by atoms with E-state index in [2.05, 4.69) is 12.2 Å². The molecule has 0 saturated heterocycles. The summed E-state index contributed by atoms with van der Waals surface area (Å²) in [7, 11) is 0. The highest BCUT2D eigenvalue weighted by Gasteiger charge is 2.09. The first-order valence-corrected chi connectivity index (χ1v) is 6.68. The van der Waals surface area contributed by atoms with Crippen LogP contribution in [0.2, 0.25) is 5.02 Å². The fourth-order valence-corrected chi connectivity index (χ4v) is 2.07. The Kier molecular flexibility index (Phi) is 6.38. The molecule has 0 bridgehead atoms. The predicted molar refractivity (Wildman–Crippen MR) is 72.9 cm³/mol. The molecule has 1 N–H and O–H groups in total. The van der Waals surface area contributed by atoms with Crippen LogP contribution in [0, 0.1) is 5.92 Å². The van der Waals surface area contributed by atoms with E-state index < -0.39 is 0 Å². The highest BCUT2D eigenvalue weighted by Crippen LogP contribution is 2.11. The summed E-state index contributed by atoms with van der Waals surface area (Å²) < 4.78 is 0. The summed E-state index contributed by atoms with van der Waals surface area (Å²) in [5.41, 5.74) is 0.596. The van der Waals surface area contributed by atoms with Crippen LogP contribution in [-0.2, 0) is 0 Å². The van der Waals surface area contributed by atoms with E-state index in [-0.39, 0.29) is 5.91 Å². The lowest BCUT2D eigenvalue weighted by atomic mass is 10.0. The molecule has 1 atom stereocenters. The Labute approximate surface area is 112 Å². The first-order valence-electron chi connectivity index (χ1n) is 5.77. The van der Waals surface area contributed by atoms with Crippen molar-refractivity contribution in [2.45, 2.75) is 19.8 Å². The Bertz CT molecular complexity index is 368. The maximum absolute atomic E-state index is 11.8. The third kappa shape index (κ3) is 4.97. The first kappa shape index (κ1) is 14.3. The lowest BCUT2D eigenvalue weighted by Gasteiger charge is -2.14. The molecule has 0 radical (unpaired) electrons. The average Bonchev–Trinajstić information content (AvgIpc) is 2.34. The van der Waals surface area contributed by atoms with Gasteiger partial charge in [-0.15, -0.1) is 11.6 Å². The lowest BCUT2D eigenvalue weighted by molar-refractivity contribution is 0.0946. The molecule has 1 aromatic rings. The highest BCUT2D eigenvalue weighted by atomic mass is 35.5. The minimum absolute atomic E-state index is 0.0828. The Morgan fingerprint density at radius 2 is 2.24 bits per heavy atom. The molecule has 1 unspecified atom stereocenters. The fourth-order valence-electron chi connectivity index (χ4n) is 1.57. The third-order valence-electron chi connectivity index (χ3n) is 2.73. The molecule has 1 rings (SSSR count).